The maximum atomic E-state index is 10.8. The van der Waals surface area contributed by atoms with Gasteiger partial charge in [0.25, 0.3) is 0 Å². The van der Waals surface area contributed by atoms with Gasteiger partial charge in [-0.2, -0.15) is 0 Å². The number of benzene rings is 1. The Kier molecular flexibility index (Phi) is 3.03. The fourth-order valence-corrected chi connectivity index (χ4v) is 2.08. The predicted molar refractivity (Wildman–Crippen MR) is 67.6 cm³/mol. The van der Waals surface area contributed by atoms with Crippen LogP contribution in [0.3, 0.4) is 0 Å². The number of fused-ring (bicyclic) bond motifs is 1. The molecular formula is C13H12ClNO2. The van der Waals surface area contributed by atoms with Gasteiger partial charge in [-0.25, -0.2) is 0 Å². The van der Waals surface area contributed by atoms with Gasteiger partial charge in [-0.1, -0.05) is 17.7 Å². The van der Waals surface area contributed by atoms with Gasteiger partial charge in [0.1, 0.15) is 0 Å². The summed E-state index contributed by atoms with van der Waals surface area (Å²) in [6.45, 7) is 3.74. The molecule has 0 atom stereocenters. The Bertz CT molecular complexity index is 608. The number of hydrogen-bond donors (Lipinski definition) is 1. The van der Waals surface area contributed by atoms with Crippen LogP contribution in [-0.4, -0.2) is 16.1 Å². The smallest absolute Gasteiger partial charge is 0.307 e. The van der Waals surface area contributed by atoms with Crippen LogP contribution < -0.4 is 0 Å². The highest BCUT2D eigenvalue weighted by Crippen LogP contribution is 2.27. The first-order chi connectivity index (χ1) is 7.99. The van der Waals surface area contributed by atoms with Crippen molar-refractivity contribution in [2.45, 2.75) is 20.3 Å². The molecule has 0 amide bonds. The molecule has 0 bridgehead atoms. The highest BCUT2D eigenvalue weighted by Gasteiger charge is 2.10. The van der Waals surface area contributed by atoms with E-state index < -0.39 is 5.97 Å². The van der Waals surface area contributed by atoms with E-state index in [2.05, 4.69) is 4.98 Å². The Morgan fingerprint density at radius 1 is 1.41 bits per heavy atom. The number of hydrogen-bond acceptors (Lipinski definition) is 2. The molecule has 0 saturated heterocycles. The molecule has 1 aromatic heterocycles. The van der Waals surface area contributed by atoms with Crippen molar-refractivity contribution in [3.8, 4) is 0 Å². The molecule has 0 saturated carbocycles. The molecule has 4 heteroatoms. The SMILES string of the molecule is Cc1cc(CC(=O)O)c2ccc(Cl)c(C)c2n1. The van der Waals surface area contributed by atoms with Crippen molar-refractivity contribution in [1.29, 1.82) is 0 Å². The minimum atomic E-state index is -0.843. The molecule has 0 aliphatic rings. The summed E-state index contributed by atoms with van der Waals surface area (Å²) < 4.78 is 0. The van der Waals surface area contributed by atoms with Crippen molar-refractivity contribution in [2.24, 2.45) is 0 Å². The largest absolute Gasteiger partial charge is 0.481 e. The number of aryl methyl sites for hydroxylation is 2. The molecule has 0 fully saturated rings. The second-order valence-corrected chi connectivity index (χ2v) is 4.47. The average molecular weight is 250 g/mol. The normalized spacial score (nSPS) is 10.8. The number of pyridine rings is 1. The lowest BCUT2D eigenvalue weighted by Gasteiger charge is -2.09. The van der Waals surface area contributed by atoms with Gasteiger partial charge in [-0.05, 0) is 37.1 Å². The topological polar surface area (TPSA) is 50.2 Å². The van der Waals surface area contributed by atoms with Gasteiger partial charge in [0.05, 0.1) is 11.9 Å². The number of rotatable bonds is 2. The summed E-state index contributed by atoms with van der Waals surface area (Å²) in [6, 6.07) is 5.42. The van der Waals surface area contributed by atoms with E-state index in [1.54, 1.807) is 6.07 Å². The van der Waals surface area contributed by atoms with Gasteiger partial charge in [-0.3, -0.25) is 9.78 Å². The zero-order valence-corrected chi connectivity index (χ0v) is 10.4. The van der Waals surface area contributed by atoms with E-state index in [1.807, 2.05) is 26.0 Å². The molecule has 1 aromatic carbocycles. The van der Waals surface area contributed by atoms with Crippen LogP contribution in [-0.2, 0) is 11.2 Å². The molecule has 1 N–H and O–H groups in total. The quantitative estimate of drug-likeness (QED) is 0.890. The summed E-state index contributed by atoms with van der Waals surface area (Å²) >= 11 is 6.04. The van der Waals surface area contributed by atoms with Crippen LogP contribution >= 0.6 is 11.6 Å². The fourth-order valence-electron chi connectivity index (χ4n) is 1.93. The summed E-state index contributed by atoms with van der Waals surface area (Å²) in [5.41, 5.74) is 3.26. The minimum absolute atomic E-state index is 0.000925. The van der Waals surface area contributed by atoms with Crippen LogP contribution in [0.15, 0.2) is 18.2 Å². The van der Waals surface area contributed by atoms with E-state index in [9.17, 15) is 4.79 Å². The summed E-state index contributed by atoms with van der Waals surface area (Å²) in [5.74, 6) is -0.843. The summed E-state index contributed by atoms with van der Waals surface area (Å²) in [7, 11) is 0. The maximum absolute atomic E-state index is 10.8. The molecular weight excluding hydrogens is 238 g/mol. The first-order valence-corrected chi connectivity index (χ1v) is 5.64. The van der Waals surface area contributed by atoms with E-state index in [-0.39, 0.29) is 6.42 Å². The molecule has 0 aliphatic heterocycles. The van der Waals surface area contributed by atoms with Crippen LogP contribution in [0.1, 0.15) is 16.8 Å². The Morgan fingerprint density at radius 3 is 2.76 bits per heavy atom. The van der Waals surface area contributed by atoms with Crippen molar-refractivity contribution in [3.05, 3.63) is 40.0 Å². The summed E-state index contributed by atoms with van der Waals surface area (Å²) in [6.07, 6.45) is 0.000925. The van der Waals surface area contributed by atoms with Gasteiger partial charge >= 0.3 is 5.97 Å². The van der Waals surface area contributed by atoms with E-state index in [0.717, 1.165) is 27.7 Å². The number of nitrogens with zero attached hydrogens (tertiary/aromatic N) is 1. The number of carboxylic acid groups (broad SMARTS) is 1. The van der Waals surface area contributed by atoms with Gasteiger partial charge in [0, 0.05) is 16.1 Å². The van der Waals surface area contributed by atoms with Crippen molar-refractivity contribution in [2.75, 3.05) is 0 Å². The summed E-state index contributed by atoms with van der Waals surface area (Å²) in [4.78, 5) is 15.3. The van der Waals surface area contributed by atoms with Crippen LogP contribution in [0.4, 0.5) is 0 Å². The number of carbonyl (C=O) groups is 1. The minimum Gasteiger partial charge on any atom is -0.481 e. The highest BCUT2D eigenvalue weighted by atomic mass is 35.5. The van der Waals surface area contributed by atoms with Crippen LogP contribution in [0.25, 0.3) is 10.9 Å². The van der Waals surface area contributed by atoms with Gasteiger partial charge < -0.3 is 5.11 Å². The molecule has 2 aromatic rings. The highest BCUT2D eigenvalue weighted by molar-refractivity contribution is 6.32. The fraction of sp³-hybridized carbons (Fsp3) is 0.231. The van der Waals surface area contributed by atoms with E-state index >= 15 is 0 Å². The first kappa shape index (κ1) is 11.9. The van der Waals surface area contributed by atoms with Crippen LogP contribution in [0.5, 0.6) is 0 Å². The Morgan fingerprint density at radius 2 is 2.12 bits per heavy atom. The molecule has 0 radical (unpaired) electrons. The Labute approximate surface area is 104 Å². The number of halogens is 1. The van der Waals surface area contributed by atoms with Crippen molar-refractivity contribution < 1.29 is 9.90 Å². The lowest BCUT2D eigenvalue weighted by Crippen LogP contribution is -2.02. The second-order valence-electron chi connectivity index (χ2n) is 4.06. The predicted octanol–water partition coefficient (Wildman–Crippen LogP) is 3.13. The third-order valence-corrected chi connectivity index (χ3v) is 3.13. The van der Waals surface area contributed by atoms with Crippen molar-refractivity contribution in [3.63, 3.8) is 0 Å². The average Bonchev–Trinajstić information content (AvgIpc) is 2.23. The molecule has 1 heterocycles. The van der Waals surface area contributed by atoms with Gasteiger partial charge in [0.15, 0.2) is 0 Å². The molecule has 3 nitrogen and oxygen atoms in total. The van der Waals surface area contributed by atoms with Crippen molar-refractivity contribution in [1.82, 2.24) is 4.98 Å². The lowest BCUT2D eigenvalue weighted by atomic mass is 10.0. The standard InChI is InChI=1S/C13H12ClNO2/c1-7-5-9(6-12(16)17)10-3-4-11(14)8(2)13(10)15-7/h3-5H,6H2,1-2H3,(H,16,17). The molecule has 0 unspecified atom stereocenters. The van der Waals surface area contributed by atoms with Crippen LogP contribution in [0.2, 0.25) is 5.02 Å². The van der Waals surface area contributed by atoms with E-state index in [1.165, 1.54) is 0 Å². The van der Waals surface area contributed by atoms with Gasteiger partial charge in [0.2, 0.25) is 0 Å². The van der Waals surface area contributed by atoms with E-state index in [0.29, 0.717) is 5.02 Å². The first-order valence-electron chi connectivity index (χ1n) is 5.26. The van der Waals surface area contributed by atoms with Crippen molar-refractivity contribution >= 4 is 28.5 Å². The lowest BCUT2D eigenvalue weighted by molar-refractivity contribution is -0.136. The van der Waals surface area contributed by atoms with Crippen LogP contribution in [0, 0.1) is 13.8 Å². The monoisotopic (exact) mass is 249 g/mol. The Hall–Kier alpha value is -1.61. The maximum Gasteiger partial charge on any atom is 0.307 e. The zero-order valence-electron chi connectivity index (χ0n) is 9.62. The van der Waals surface area contributed by atoms with Gasteiger partial charge in [-0.15, -0.1) is 0 Å². The third kappa shape index (κ3) is 2.24. The molecule has 0 spiro atoms. The number of aliphatic carboxylic acids is 1. The number of aromatic nitrogens is 1. The molecule has 2 rings (SSSR count). The molecule has 88 valence electrons. The summed E-state index contributed by atoms with van der Waals surface area (Å²) in [5, 5.41) is 10.4. The zero-order chi connectivity index (χ0) is 12.6. The number of carboxylic acids is 1. The third-order valence-electron chi connectivity index (χ3n) is 2.72. The Balaban J connectivity index is 2.76. The van der Waals surface area contributed by atoms with E-state index in [4.69, 9.17) is 16.7 Å². The molecule has 0 aliphatic carbocycles. The molecule has 17 heavy (non-hydrogen) atoms. The second kappa shape index (κ2) is 4.34.